The molecule has 1 unspecified atom stereocenters. The first-order valence-electron chi connectivity index (χ1n) is 7.30. The highest BCUT2D eigenvalue weighted by Gasteiger charge is 2.43. The minimum absolute atomic E-state index is 0.290. The van der Waals surface area contributed by atoms with E-state index >= 15 is 0 Å². The fourth-order valence-corrected chi connectivity index (χ4v) is 2.97. The molecule has 1 saturated carbocycles. The van der Waals surface area contributed by atoms with Gasteiger partial charge in [0.2, 0.25) is 0 Å². The van der Waals surface area contributed by atoms with E-state index in [0.717, 1.165) is 24.3 Å². The summed E-state index contributed by atoms with van der Waals surface area (Å²) in [5.41, 5.74) is 9.86. The van der Waals surface area contributed by atoms with Crippen LogP contribution in [0.1, 0.15) is 44.5 Å². The Morgan fingerprint density at radius 3 is 2.79 bits per heavy atom. The molecule has 19 heavy (non-hydrogen) atoms. The quantitative estimate of drug-likeness (QED) is 0.913. The summed E-state index contributed by atoms with van der Waals surface area (Å²) in [5, 5.41) is 0. The minimum Gasteiger partial charge on any atom is -0.326 e. The number of fused-ring (bicyclic) bond motifs is 1. The lowest BCUT2D eigenvalue weighted by Crippen LogP contribution is -2.38. The molecule has 1 aliphatic rings. The highest BCUT2D eigenvalue weighted by Crippen LogP contribution is 2.44. The Labute approximate surface area is 114 Å². The average molecular weight is 257 g/mol. The summed E-state index contributed by atoms with van der Waals surface area (Å²) in [7, 11) is 0. The zero-order valence-electron chi connectivity index (χ0n) is 12.1. The molecular formula is C16H23N3. The van der Waals surface area contributed by atoms with Crippen LogP contribution in [-0.2, 0) is 12.1 Å². The third kappa shape index (κ3) is 2.06. The molecule has 0 saturated heterocycles. The van der Waals surface area contributed by atoms with E-state index in [1.807, 2.05) is 0 Å². The summed E-state index contributed by atoms with van der Waals surface area (Å²) in [5.74, 6) is 1.67. The van der Waals surface area contributed by atoms with Gasteiger partial charge in [0, 0.05) is 6.54 Å². The number of aromatic nitrogens is 2. The second kappa shape index (κ2) is 4.34. The smallest absolute Gasteiger partial charge is 0.130 e. The van der Waals surface area contributed by atoms with Crippen molar-refractivity contribution in [3.05, 3.63) is 29.6 Å². The van der Waals surface area contributed by atoms with Crippen LogP contribution in [-0.4, -0.2) is 9.55 Å². The lowest BCUT2D eigenvalue weighted by Gasteiger charge is -2.25. The summed E-state index contributed by atoms with van der Waals surface area (Å²) < 4.78 is 2.33. The van der Waals surface area contributed by atoms with E-state index in [0.29, 0.717) is 5.92 Å². The van der Waals surface area contributed by atoms with Gasteiger partial charge in [-0.3, -0.25) is 0 Å². The largest absolute Gasteiger partial charge is 0.326 e. The molecule has 1 aromatic heterocycles. The van der Waals surface area contributed by atoms with Crippen LogP contribution in [0.3, 0.4) is 0 Å². The molecular weight excluding hydrogens is 234 g/mol. The van der Waals surface area contributed by atoms with E-state index in [1.54, 1.807) is 0 Å². The molecule has 3 nitrogen and oxygen atoms in total. The predicted octanol–water partition coefficient (Wildman–Crippen LogP) is 3.34. The summed E-state index contributed by atoms with van der Waals surface area (Å²) >= 11 is 0. The van der Waals surface area contributed by atoms with Crippen LogP contribution >= 0.6 is 0 Å². The van der Waals surface area contributed by atoms with Gasteiger partial charge in [0.15, 0.2) is 0 Å². The molecule has 1 aromatic carbocycles. The molecule has 1 heterocycles. The zero-order valence-corrected chi connectivity index (χ0v) is 12.1. The van der Waals surface area contributed by atoms with E-state index in [-0.39, 0.29) is 5.54 Å². The highest BCUT2D eigenvalue weighted by atomic mass is 15.1. The van der Waals surface area contributed by atoms with Crippen LogP contribution in [0.2, 0.25) is 0 Å². The van der Waals surface area contributed by atoms with Crippen molar-refractivity contribution < 1.29 is 0 Å². The third-order valence-corrected chi connectivity index (χ3v) is 4.26. The summed E-state index contributed by atoms with van der Waals surface area (Å²) in [6.07, 6.45) is 3.58. The number of hydrogen-bond acceptors (Lipinski definition) is 2. The zero-order chi connectivity index (χ0) is 13.6. The molecule has 2 aromatic rings. The molecule has 1 fully saturated rings. The number of imidazole rings is 1. The lowest BCUT2D eigenvalue weighted by molar-refractivity contribution is 0.382. The van der Waals surface area contributed by atoms with Crippen LogP contribution in [0.25, 0.3) is 11.0 Å². The van der Waals surface area contributed by atoms with Gasteiger partial charge in [0.25, 0.3) is 0 Å². The molecule has 0 bridgehead atoms. The predicted molar refractivity (Wildman–Crippen MR) is 79.0 cm³/mol. The molecule has 0 spiro atoms. The van der Waals surface area contributed by atoms with Gasteiger partial charge in [0.1, 0.15) is 5.82 Å². The Morgan fingerprint density at radius 1 is 1.42 bits per heavy atom. The molecule has 1 atom stereocenters. The van der Waals surface area contributed by atoms with Crippen LogP contribution in [0, 0.1) is 12.8 Å². The Kier molecular flexibility index (Phi) is 2.90. The first-order chi connectivity index (χ1) is 9.04. The van der Waals surface area contributed by atoms with E-state index in [1.165, 1.54) is 23.9 Å². The van der Waals surface area contributed by atoms with Crippen molar-refractivity contribution in [1.29, 1.82) is 0 Å². The first-order valence-corrected chi connectivity index (χ1v) is 7.30. The SMILES string of the molecule is CCCn1c(C(C)(N)C2CC2)nc2cc(C)ccc21. The topological polar surface area (TPSA) is 43.8 Å². The number of nitrogens with zero attached hydrogens (tertiary/aromatic N) is 2. The molecule has 2 N–H and O–H groups in total. The van der Waals surface area contributed by atoms with Crippen LogP contribution in [0.5, 0.6) is 0 Å². The number of benzene rings is 1. The molecule has 0 amide bonds. The fourth-order valence-electron chi connectivity index (χ4n) is 2.97. The Balaban J connectivity index is 2.19. The summed E-state index contributed by atoms with van der Waals surface area (Å²) in [6, 6.07) is 6.50. The van der Waals surface area contributed by atoms with Crippen LogP contribution < -0.4 is 5.73 Å². The first kappa shape index (κ1) is 12.7. The van der Waals surface area contributed by atoms with Crippen molar-refractivity contribution in [1.82, 2.24) is 9.55 Å². The summed E-state index contributed by atoms with van der Waals surface area (Å²) in [6.45, 7) is 7.45. The Hall–Kier alpha value is -1.35. The maximum absolute atomic E-state index is 6.59. The van der Waals surface area contributed by atoms with Crippen LogP contribution in [0.4, 0.5) is 0 Å². The van der Waals surface area contributed by atoms with Gasteiger partial charge in [0.05, 0.1) is 16.6 Å². The second-order valence-electron chi connectivity index (χ2n) is 6.14. The van der Waals surface area contributed by atoms with Gasteiger partial charge in [-0.05, 0) is 56.7 Å². The van der Waals surface area contributed by atoms with Crippen LogP contribution in [0.15, 0.2) is 18.2 Å². The maximum atomic E-state index is 6.59. The fraction of sp³-hybridized carbons (Fsp3) is 0.562. The standard InChI is InChI=1S/C16H23N3/c1-4-9-19-14-8-5-11(2)10-13(14)18-15(19)16(3,17)12-6-7-12/h5,8,10,12H,4,6-7,9,17H2,1-3H3. The summed E-state index contributed by atoms with van der Waals surface area (Å²) in [4.78, 5) is 4.86. The van der Waals surface area contributed by atoms with Gasteiger partial charge in [-0.15, -0.1) is 0 Å². The van der Waals surface area contributed by atoms with Crippen molar-refractivity contribution in [2.75, 3.05) is 0 Å². The van der Waals surface area contributed by atoms with Gasteiger partial charge >= 0.3 is 0 Å². The average Bonchev–Trinajstić information content (AvgIpc) is 3.14. The number of nitrogens with two attached hydrogens (primary N) is 1. The monoisotopic (exact) mass is 257 g/mol. The highest BCUT2D eigenvalue weighted by molar-refractivity contribution is 5.77. The molecule has 102 valence electrons. The Morgan fingerprint density at radius 2 is 2.16 bits per heavy atom. The van der Waals surface area contributed by atoms with E-state index in [9.17, 15) is 0 Å². The molecule has 0 aliphatic heterocycles. The number of rotatable bonds is 4. The minimum atomic E-state index is -0.290. The van der Waals surface area contributed by atoms with Gasteiger partial charge < -0.3 is 10.3 Å². The number of aryl methyl sites for hydroxylation is 2. The number of hydrogen-bond donors (Lipinski definition) is 1. The van der Waals surface area contributed by atoms with Crippen molar-refractivity contribution in [2.45, 2.75) is 52.1 Å². The second-order valence-corrected chi connectivity index (χ2v) is 6.14. The molecule has 1 aliphatic carbocycles. The maximum Gasteiger partial charge on any atom is 0.130 e. The third-order valence-electron chi connectivity index (χ3n) is 4.26. The van der Waals surface area contributed by atoms with Gasteiger partial charge in [-0.2, -0.15) is 0 Å². The van der Waals surface area contributed by atoms with E-state index < -0.39 is 0 Å². The van der Waals surface area contributed by atoms with Crippen molar-refractivity contribution in [3.63, 3.8) is 0 Å². The van der Waals surface area contributed by atoms with Gasteiger partial charge in [-0.1, -0.05) is 13.0 Å². The van der Waals surface area contributed by atoms with Crippen molar-refractivity contribution in [3.8, 4) is 0 Å². The van der Waals surface area contributed by atoms with Gasteiger partial charge in [-0.25, -0.2) is 4.98 Å². The van der Waals surface area contributed by atoms with Crippen molar-refractivity contribution in [2.24, 2.45) is 11.7 Å². The molecule has 0 radical (unpaired) electrons. The van der Waals surface area contributed by atoms with Crippen molar-refractivity contribution >= 4 is 11.0 Å². The lowest BCUT2D eigenvalue weighted by atomic mass is 9.96. The normalized spacial score (nSPS) is 18.7. The Bertz CT molecular complexity index is 606. The molecule has 3 rings (SSSR count). The van der Waals surface area contributed by atoms with E-state index in [2.05, 4.69) is 43.5 Å². The molecule has 3 heteroatoms. The van der Waals surface area contributed by atoms with E-state index in [4.69, 9.17) is 10.7 Å².